The van der Waals surface area contributed by atoms with Crippen molar-refractivity contribution < 1.29 is 13.9 Å². The molecular formula is C29H32FN7O2. The average molecular weight is 530 g/mol. The normalized spacial score (nSPS) is 17.7. The highest BCUT2D eigenvalue weighted by Crippen LogP contribution is 2.29. The van der Waals surface area contributed by atoms with Crippen LogP contribution in [0.2, 0.25) is 0 Å². The zero-order chi connectivity index (χ0) is 26.6. The molecule has 3 aromatic rings. The van der Waals surface area contributed by atoms with E-state index in [1.165, 1.54) is 37.1 Å². The van der Waals surface area contributed by atoms with Crippen LogP contribution < -0.4 is 15.5 Å². The summed E-state index contributed by atoms with van der Waals surface area (Å²) in [6.07, 6.45) is 9.05. The summed E-state index contributed by atoms with van der Waals surface area (Å²) in [4.78, 5) is 30.8. The Bertz CT molecular complexity index is 1380. The van der Waals surface area contributed by atoms with Gasteiger partial charge in [0.2, 0.25) is 0 Å². The molecule has 3 aliphatic rings. The van der Waals surface area contributed by atoms with E-state index >= 15 is 0 Å². The van der Waals surface area contributed by atoms with E-state index in [1.807, 2.05) is 35.5 Å². The van der Waals surface area contributed by atoms with Crippen molar-refractivity contribution in [2.75, 3.05) is 61.6 Å². The van der Waals surface area contributed by atoms with Crippen LogP contribution in [0.25, 0.3) is 11.1 Å². The number of pyridine rings is 2. The van der Waals surface area contributed by atoms with Crippen molar-refractivity contribution in [3.8, 4) is 11.1 Å². The second-order valence-electron chi connectivity index (χ2n) is 10.1. The Morgan fingerprint density at radius 1 is 1.00 bits per heavy atom. The first kappa shape index (κ1) is 25.4. The lowest BCUT2D eigenvalue weighted by molar-refractivity contribution is -0.110. The van der Waals surface area contributed by atoms with Gasteiger partial charge in [-0.25, -0.2) is 9.37 Å². The van der Waals surface area contributed by atoms with E-state index in [0.717, 1.165) is 36.4 Å². The van der Waals surface area contributed by atoms with Crippen molar-refractivity contribution >= 4 is 28.8 Å². The molecule has 1 amide bonds. The average Bonchev–Trinajstić information content (AvgIpc) is 2.98. The van der Waals surface area contributed by atoms with Gasteiger partial charge in [0.1, 0.15) is 12.4 Å². The summed E-state index contributed by atoms with van der Waals surface area (Å²) in [5.41, 5.74) is 5.20. The lowest BCUT2D eigenvalue weighted by Gasteiger charge is -2.28. The van der Waals surface area contributed by atoms with Crippen molar-refractivity contribution in [1.82, 2.24) is 14.9 Å². The molecule has 5 heterocycles. The molecule has 0 spiro atoms. The molecule has 0 atom stereocenters. The van der Waals surface area contributed by atoms with Crippen LogP contribution in [-0.4, -0.2) is 72.5 Å². The smallest absolute Gasteiger partial charge is 0.274 e. The predicted molar refractivity (Wildman–Crippen MR) is 150 cm³/mol. The maximum atomic E-state index is 14.8. The molecule has 2 N–H and O–H groups in total. The van der Waals surface area contributed by atoms with Gasteiger partial charge in [0.25, 0.3) is 5.91 Å². The van der Waals surface area contributed by atoms with Crippen LogP contribution in [0, 0.1) is 5.82 Å². The summed E-state index contributed by atoms with van der Waals surface area (Å²) in [7, 11) is 0. The number of halogens is 1. The molecule has 0 aliphatic carbocycles. The van der Waals surface area contributed by atoms with Gasteiger partial charge in [-0.3, -0.25) is 19.7 Å². The summed E-state index contributed by atoms with van der Waals surface area (Å²) in [5.74, 6) is -0.629. The molecule has 2 fully saturated rings. The van der Waals surface area contributed by atoms with Crippen molar-refractivity contribution in [3.63, 3.8) is 0 Å². The van der Waals surface area contributed by atoms with Crippen molar-refractivity contribution in [1.29, 1.82) is 0 Å². The van der Waals surface area contributed by atoms with Crippen LogP contribution in [-0.2, 0) is 16.1 Å². The molecule has 9 nitrogen and oxygen atoms in total. The molecule has 0 unspecified atom stereocenters. The molecule has 0 bridgehead atoms. The maximum absolute atomic E-state index is 14.8. The monoisotopic (exact) mass is 529 g/mol. The van der Waals surface area contributed by atoms with E-state index < -0.39 is 11.7 Å². The number of aromatic nitrogens is 2. The number of piperidine rings is 1. The minimum Gasteiger partial charge on any atom is -0.378 e. The number of nitrogens with one attached hydrogen (secondary N) is 2. The molecule has 2 saturated heterocycles. The van der Waals surface area contributed by atoms with Gasteiger partial charge in [0.05, 0.1) is 25.1 Å². The summed E-state index contributed by atoms with van der Waals surface area (Å²) >= 11 is 0. The number of hydrogen-bond donors (Lipinski definition) is 2. The number of aliphatic imine (C=N–C) groups is 1. The third kappa shape index (κ3) is 5.76. The quantitative estimate of drug-likeness (QED) is 0.500. The van der Waals surface area contributed by atoms with Gasteiger partial charge in [-0.15, -0.1) is 0 Å². The second kappa shape index (κ2) is 11.5. The number of carbonyl (C=O) groups is 1. The van der Waals surface area contributed by atoms with Gasteiger partial charge in [-0.05, 0) is 55.3 Å². The van der Waals surface area contributed by atoms with Crippen LogP contribution in [0.4, 0.5) is 21.6 Å². The number of ether oxygens (including phenoxy) is 1. The number of rotatable bonds is 6. The minimum atomic E-state index is -0.485. The number of likely N-dealkylation sites (tertiary alicyclic amines) is 1. The van der Waals surface area contributed by atoms with E-state index in [9.17, 15) is 9.18 Å². The number of benzene rings is 1. The number of anilines is 3. The highest BCUT2D eigenvalue weighted by atomic mass is 19.1. The van der Waals surface area contributed by atoms with E-state index in [-0.39, 0.29) is 18.2 Å². The fraction of sp³-hybridized carbons (Fsp3) is 0.379. The third-order valence-corrected chi connectivity index (χ3v) is 7.37. The SMILES string of the molecule is O=C(Nc1cnc(N2CCOCC2)c(F)c1)C1=NCNc2ccc(-c3cncc(CN4CCCCC4)c3)cc21. The third-order valence-electron chi connectivity index (χ3n) is 7.37. The number of fused-ring (bicyclic) bond motifs is 1. The summed E-state index contributed by atoms with van der Waals surface area (Å²) < 4.78 is 20.2. The van der Waals surface area contributed by atoms with E-state index in [1.54, 1.807) is 0 Å². The van der Waals surface area contributed by atoms with Gasteiger partial charge in [-0.2, -0.15) is 0 Å². The number of morpholine rings is 1. The Morgan fingerprint density at radius 3 is 2.67 bits per heavy atom. The molecule has 0 saturated carbocycles. The molecular weight excluding hydrogens is 497 g/mol. The van der Waals surface area contributed by atoms with Gasteiger partial charge in [0, 0.05) is 54.9 Å². The maximum Gasteiger partial charge on any atom is 0.274 e. The lowest BCUT2D eigenvalue weighted by atomic mass is 9.98. The van der Waals surface area contributed by atoms with E-state index in [4.69, 9.17) is 4.74 Å². The summed E-state index contributed by atoms with van der Waals surface area (Å²) in [6.45, 7) is 5.64. The van der Waals surface area contributed by atoms with Crippen LogP contribution >= 0.6 is 0 Å². The summed E-state index contributed by atoms with van der Waals surface area (Å²) in [6, 6.07) is 9.41. The first-order chi connectivity index (χ1) is 19.1. The van der Waals surface area contributed by atoms with Gasteiger partial charge >= 0.3 is 0 Å². The Labute approximate surface area is 227 Å². The van der Waals surface area contributed by atoms with Crippen LogP contribution in [0.5, 0.6) is 0 Å². The van der Waals surface area contributed by atoms with Crippen LogP contribution in [0.15, 0.2) is 53.9 Å². The molecule has 2 aromatic heterocycles. The standard InChI is InChI=1S/C29H32FN7O2/c30-25-14-23(17-32-28(25)37-8-10-39-11-9-37)35-29(38)27-24-13-21(4-5-26(24)33-19-34-27)22-12-20(15-31-16-22)18-36-6-2-1-3-7-36/h4-5,12-17,33H,1-3,6-11,18-19H2,(H,35,38). The van der Waals surface area contributed by atoms with Gasteiger partial charge in [-0.1, -0.05) is 12.5 Å². The highest BCUT2D eigenvalue weighted by Gasteiger charge is 2.23. The Hall–Kier alpha value is -3.89. The molecule has 202 valence electrons. The molecule has 6 rings (SSSR count). The Kier molecular flexibility index (Phi) is 7.46. The topological polar surface area (TPSA) is 95.0 Å². The van der Waals surface area contributed by atoms with Gasteiger partial charge in [0.15, 0.2) is 11.6 Å². The Morgan fingerprint density at radius 2 is 1.85 bits per heavy atom. The fourth-order valence-electron chi connectivity index (χ4n) is 5.36. The lowest BCUT2D eigenvalue weighted by Crippen LogP contribution is -2.37. The molecule has 1 aromatic carbocycles. The minimum absolute atomic E-state index is 0.265. The summed E-state index contributed by atoms with van der Waals surface area (Å²) in [5, 5.41) is 6.01. The largest absolute Gasteiger partial charge is 0.378 e. The highest BCUT2D eigenvalue weighted by molar-refractivity contribution is 6.50. The van der Waals surface area contributed by atoms with E-state index in [2.05, 4.69) is 36.6 Å². The van der Waals surface area contributed by atoms with Crippen LogP contribution in [0.1, 0.15) is 30.4 Å². The van der Waals surface area contributed by atoms with Crippen molar-refractivity contribution in [3.05, 3.63) is 65.9 Å². The van der Waals surface area contributed by atoms with Crippen LogP contribution in [0.3, 0.4) is 0 Å². The zero-order valence-corrected chi connectivity index (χ0v) is 21.8. The number of carbonyl (C=O) groups excluding carboxylic acids is 1. The fourth-order valence-corrected chi connectivity index (χ4v) is 5.36. The molecule has 0 radical (unpaired) electrons. The Balaban J connectivity index is 1.20. The molecule has 3 aliphatic heterocycles. The van der Waals surface area contributed by atoms with Crippen molar-refractivity contribution in [2.45, 2.75) is 25.8 Å². The zero-order valence-electron chi connectivity index (χ0n) is 21.8. The number of hydrogen-bond acceptors (Lipinski definition) is 8. The first-order valence-electron chi connectivity index (χ1n) is 13.5. The van der Waals surface area contributed by atoms with Crippen molar-refractivity contribution in [2.24, 2.45) is 4.99 Å². The number of nitrogens with zero attached hydrogens (tertiary/aromatic N) is 5. The predicted octanol–water partition coefficient (Wildman–Crippen LogP) is 3.92. The second-order valence-corrected chi connectivity index (χ2v) is 10.1. The molecule has 10 heteroatoms. The van der Waals surface area contributed by atoms with Gasteiger partial charge < -0.3 is 20.3 Å². The van der Waals surface area contributed by atoms with E-state index in [0.29, 0.717) is 37.6 Å². The first-order valence-corrected chi connectivity index (χ1v) is 13.5. The number of amides is 1. The molecule has 39 heavy (non-hydrogen) atoms.